The molecule has 1 amide bonds. The lowest BCUT2D eigenvalue weighted by molar-refractivity contribution is -0.125. The van der Waals surface area contributed by atoms with Crippen LogP contribution in [0.5, 0.6) is 11.5 Å². The summed E-state index contributed by atoms with van der Waals surface area (Å²) >= 11 is 11.9. The molecule has 1 fully saturated rings. The van der Waals surface area contributed by atoms with Gasteiger partial charge in [0, 0.05) is 19.0 Å². The number of nitrogens with zero attached hydrogens (tertiary/aromatic N) is 1. The Morgan fingerprint density at radius 3 is 2.79 bits per heavy atom. The highest BCUT2D eigenvalue weighted by Gasteiger charge is 2.46. The van der Waals surface area contributed by atoms with Crippen molar-refractivity contribution in [1.29, 1.82) is 0 Å². The molecule has 2 aromatic rings. The number of ether oxygens (including phenoxy) is 2. The second-order valence-corrected chi connectivity index (χ2v) is 8.08. The van der Waals surface area contributed by atoms with Crippen LogP contribution in [0.1, 0.15) is 28.8 Å². The summed E-state index contributed by atoms with van der Waals surface area (Å²) in [6, 6.07) is 10.4. The molecule has 2 heterocycles. The number of hydrogen-bond acceptors (Lipinski definition) is 4. The average Bonchev–Trinajstić information content (AvgIpc) is 3.11. The molecule has 0 bridgehead atoms. The second-order valence-electron chi connectivity index (χ2n) is 7.26. The first-order valence-corrected chi connectivity index (χ1v) is 9.97. The van der Waals surface area contributed by atoms with E-state index in [1.165, 1.54) is 6.08 Å². The summed E-state index contributed by atoms with van der Waals surface area (Å²) in [4.78, 5) is 27.0. The van der Waals surface area contributed by atoms with Crippen molar-refractivity contribution >= 4 is 41.0 Å². The molecule has 0 N–H and O–H groups in total. The van der Waals surface area contributed by atoms with E-state index < -0.39 is 5.60 Å². The maximum absolute atomic E-state index is 12.7. The van der Waals surface area contributed by atoms with Crippen molar-refractivity contribution in [2.24, 2.45) is 0 Å². The van der Waals surface area contributed by atoms with Crippen LogP contribution in [-0.4, -0.2) is 42.4 Å². The van der Waals surface area contributed by atoms with Crippen LogP contribution in [0.15, 0.2) is 42.5 Å². The molecule has 150 valence electrons. The van der Waals surface area contributed by atoms with Crippen molar-refractivity contribution in [2.45, 2.75) is 18.4 Å². The molecule has 1 atom stereocenters. The Hall–Kier alpha value is -2.50. The Balaban J connectivity index is 1.46. The van der Waals surface area contributed by atoms with Crippen molar-refractivity contribution in [3.8, 4) is 11.5 Å². The van der Waals surface area contributed by atoms with Gasteiger partial charge in [-0.25, -0.2) is 0 Å². The zero-order valence-corrected chi connectivity index (χ0v) is 17.3. The number of hydrogen-bond donors (Lipinski definition) is 0. The molecule has 1 spiro atoms. The monoisotopic (exact) mass is 431 g/mol. The van der Waals surface area contributed by atoms with E-state index in [1.807, 2.05) is 0 Å². The van der Waals surface area contributed by atoms with Crippen molar-refractivity contribution in [2.75, 3.05) is 20.2 Å². The van der Waals surface area contributed by atoms with Gasteiger partial charge in [0.25, 0.3) is 0 Å². The van der Waals surface area contributed by atoms with Gasteiger partial charge in [-0.05, 0) is 42.0 Å². The third-order valence-electron chi connectivity index (χ3n) is 5.29. The van der Waals surface area contributed by atoms with Gasteiger partial charge < -0.3 is 14.4 Å². The number of likely N-dealkylation sites (tertiary alicyclic amines) is 1. The lowest BCUT2D eigenvalue weighted by atomic mass is 9.89. The summed E-state index contributed by atoms with van der Waals surface area (Å²) in [5.74, 6) is 1.03. The quantitative estimate of drug-likeness (QED) is 0.663. The van der Waals surface area contributed by atoms with Gasteiger partial charge in [-0.2, -0.15) is 0 Å². The van der Waals surface area contributed by atoms with Crippen molar-refractivity contribution in [1.82, 2.24) is 4.90 Å². The molecule has 1 unspecified atom stereocenters. The Bertz CT molecular complexity index is 1020. The molecule has 1 saturated heterocycles. The van der Waals surface area contributed by atoms with Crippen LogP contribution in [0.25, 0.3) is 6.08 Å². The van der Waals surface area contributed by atoms with Crippen LogP contribution in [0.2, 0.25) is 10.0 Å². The number of benzene rings is 2. The largest absolute Gasteiger partial charge is 0.497 e. The number of amides is 1. The number of rotatable bonds is 3. The molecular weight excluding hydrogens is 413 g/mol. The molecule has 0 aromatic heterocycles. The van der Waals surface area contributed by atoms with Crippen molar-refractivity contribution < 1.29 is 19.1 Å². The van der Waals surface area contributed by atoms with Gasteiger partial charge in [0.1, 0.15) is 17.1 Å². The average molecular weight is 432 g/mol. The zero-order chi connectivity index (χ0) is 20.6. The standard InChI is InChI=1S/C22H19Cl2NO4/c1-28-15-4-6-20-16(11-15)19(26)12-22(29-20)8-9-25(13-22)21(27)7-3-14-2-5-17(23)18(24)10-14/h2-7,10-11H,8-9,12-13H2,1H3/b7-3+. The molecule has 0 aliphatic carbocycles. The van der Waals surface area contributed by atoms with Gasteiger partial charge in [0.2, 0.25) is 5.91 Å². The molecule has 0 saturated carbocycles. The van der Waals surface area contributed by atoms with E-state index in [9.17, 15) is 9.59 Å². The second kappa shape index (κ2) is 7.73. The highest BCUT2D eigenvalue weighted by Crippen LogP contribution is 2.40. The van der Waals surface area contributed by atoms with E-state index in [2.05, 4.69) is 0 Å². The highest BCUT2D eigenvalue weighted by molar-refractivity contribution is 6.42. The van der Waals surface area contributed by atoms with Gasteiger partial charge in [-0.3, -0.25) is 9.59 Å². The predicted molar refractivity (Wildman–Crippen MR) is 112 cm³/mol. The number of fused-ring (bicyclic) bond motifs is 1. The molecular formula is C22H19Cl2NO4. The van der Waals surface area contributed by atoms with Crippen molar-refractivity contribution in [3.63, 3.8) is 0 Å². The van der Waals surface area contributed by atoms with Crippen molar-refractivity contribution in [3.05, 3.63) is 63.6 Å². The van der Waals surface area contributed by atoms with Gasteiger partial charge in [0.05, 0.1) is 35.7 Å². The Morgan fingerprint density at radius 2 is 2.03 bits per heavy atom. The molecule has 5 nitrogen and oxygen atoms in total. The zero-order valence-electron chi connectivity index (χ0n) is 15.8. The highest BCUT2D eigenvalue weighted by atomic mass is 35.5. The molecule has 2 aromatic carbocycles. The number of ketones is 1. The molecule has 0 radical (unpaired) electrons. The van der Waals surface area contributed by atoms with E-state index in [0.29, 0.717) is 46.6 Å². The van der Waals surface area contributed by atoms with E-state index in [1.54, 1.807) is 54.5 Å². The summed E-state index contributed by atoms with van der Waals surface area (Å²) in [6.07, 6.45) is 4.05. The lowest BCUT2D eigenvalue weighted by Gasteiger charge is -2.34. The minimum Gasteiger partial charge on any atom is -0.497 e. The topological polar surface area (TPSA) is 55.8 Å². The SMILES string of the molecule is COc1ccc2c(c1)C(=O)CC1(CCN(C(=O)/C=C/c3ccc(Cl)c(Cl)c3)C1)O2. The van der Waals surface area contributed by atoms with E-state index in [4.69, 9.17) is 32.7 Å². The number of methoxy groups -OCH3 is 1. The molecule has 29 heavy (non-hydrogen) atoms. The minimum atomic E-state index is -0.675. The van der Waals surface area contributed by atoms with E-state index >= 15 is 0 Å². The number of carbonyl (C=O) groups excluding carboxylic acids is 2. The maximum Gasteiger partial charge on any atom is 0.246 e. The number of carbonyl (C=O) groups is 2. The molecule has 2 aliphatic rings. The summed E-state index contributed by atoms with van der Waals surface area (Å²) in [5.41, 5.74) is 0.638. The van der Waals surface area contributed by atoms with Crippen LogP contribution in [-0.2, 0) is 4.79 Å². The van der Waals surface area contributed by atoms with Crippen LogP contribution in [0.3, 0.4) is 0 Å². The molecule has 7 heteroatoms. The maximum atomic E-state index is 12.7. The first-order chi connectivity index (χ1) is 13.9. The smallest absolute Gasteiger partial charge is 0.246 e. The van der Waals surface area contributed by atoms with Crippen LogP contribution < -0.4 is 9.47 Å². The summed E-state index contributed by atoms with van der Waals surface area (Å²) in [5, 5.41) is 0.902. The van der Waals surface area contributed by atoms with Gasteiger partial charge >= 0.3 is 0 Å². The third kappa shape index (κ3) is 3.98. The van der Waals surface area contributed by atoms with Gasteiger partial charge in [-0.1, -0.05) is 29.3 Å². The Labute approximate surface area is 178 Å². The number of Topliss-reactive ketones (excluding diaryl/α,β-unsaturated/α-hetero) is 1. The van der Waals surface area contributed by atoms with E-state index in [0.717, 1.165) is 5.56 Å². The fourth-order valence-corrected chi connectivity index (χ4v) is 4.06. The minimum absolute atomic E-state index is 0.00537. The fourth-order valence-electron chi connectivity index (χ4n) is 3.75. The Kier molecular flexibility index (Phi) is 5.28. The summed E-state index contributed by atoms with van der Waals surface area (Å²) in [7, 11) is 1.56. The normalized spacial score (nSPS) is 20.8. The first kappa shape index (κ1) is 19.8. The fraction of sp³-hybridized carbons (Fsp3) is 0.273. The number of halogens is 2. The lowest BCUT2D eigenvalue weighted by Crippen LogP contribution is -2.45. The van der Waals surface area contributed by atoms with Gasteiger partial charge in [-0.15, -0.1) is 0 Å². The van der Waals surface area contributed by atoms with Crippen LogP contribution in [0, 0.1) is 0 Å². The Morgan fingerprint density at radius 1 is 1.21 bits per heavy atom. The molecule has 4 rings (SSSR count). The van der Waals surface area contributed by atoms with Crippen LogP contribution in [0.4, 0.5) is 0 Å². The predicted octanol–water partition coefficient (Wildman–Crippen LogP) is 4.65. The van der Waals surface area contributed by atoms with Gasteiger partial charge in [0.15, 0.2) is 5.78 Å². The van der Waals surface area contributed by atoms with E-state index in [-0.39, 0.29) is 18.1 Å². The summed E-state index contributed by atoms with van der Waals surface area (Å²) in [6.45, 7) is 0.901. The van der Waals surface area contributed by atoms with Crippen LogP contribution >= 0.6 is 23.2 Å². The molecule has 2 aliphatic heterocycles. The summed E-state index contributed by atoms with van der Waals surface area (Å²) < 4.78 is 11.4. The first-order valence-electron chi connectivity index (χ1n) is 9.21. The third-order valence-corrected chi connectivity index (χ3v) is 6.03.